The third-order valence-electron chi connectivity index (χ3n) is 0.167. The van der Waals surface area contributed by atoms with E-state index in [2.05, 4.69) is 0 Å². The topological polar surface area (TPSA) is 9.23 Å². The largest absolute Gasteiger partial charge is 0.617 e. The predicted octanol–water partition coefficient (Wildman–Crippen LogP) is -2.82. The van der Waals surface area contributed by atoms with Gasteiger partial charge >= 0.3 is 0 Å². The monoisotopic (exact) mass is 106 g/mol. The van der Waals surface area contributed by atoms with Gasteiger partial charge in [0.25, 0.3) is 0 Å². The third-order valence-corrected chi connectivity index (χ3v) is 4.50. The summed E-state index contributed by atoms with van der Waals surface area (Å²) in [5.74, 6) is 0. The van der Waals surface area contributed by atoms with Crippen molar-refractivity contribution in [3.8, 4) is 0 Å². The molecule has 0 saturated carbocycles. The molecule has 0 radical (unpaired) electrons. The van der Waals surface area contributed by atoms with Crippen LogP contribution >= 0.6 is 0 Å². The molecule has 0 aromatic carbocycles. The molecule has 0 atom stereocenters. The van der Waals surface area contributed by atoms with Crippen molar-refractivity contribution in [2.24, 2.45) is 0 Å². The summed E-state index contributed by atoms with van der Waals surface area (Å²) in [6.07, 6.45) is 0. The maximum absolute atomic E-state index is 4.78. The van der Waals surface area contributed by atoms with Gasteiger partial charge in [-0.25, -0.2) is 0 Å². The van der Waals surface area contributed by atoms with Crippen LogP contribution in [0.15, 0.2) is 0 Å². The van der Waals surface area contributed by atoms with E-state index < -0.39 is 0 Å². The van der Waals surface area contributed by atoms with Gasteiger partial charge in [0.2, 0.25) is 0 Å². The molecular weight excluding hydrogens is 100 g/mol. The van der Waals surface area contributed by atoms with E-state index in [0.717, 1.165) is 10.5 Å². The molecule has 4 heavy (non-hydrogen) atoms. The fraction of sp³-hybridized carbons (Fsp3) is 0. The highest BCUT2D eigenvalue weighted by Gasteiger charge is 1.38. The first-order valence-electron chi connectivity index (χ1n) is 1.05. The van der Waals surface area contributed by atoms with Crippen molar-refractivity contribution in [1.29, 1.82) is 0 Å². The standard InChI is InChI=1S/H6OSi3/c2-1-4-3/h4H,3H2,2H3. The molecule has 0 N–H and O–H groups in total. The van der Waals surface area contributed by atoms with E-state index in [0.29, 0.717) is 8.86 Å². The Morgan fingerprint density at radius 1 is 2.00 bits per heavy atom. The molecule has 4 heteroatoms. The van der Waals surface area contributed by atoms with E-state index >= 15 is 0 Å². The second kappa shape index (κ2) is 3.45. The highest BCUT2D eigenvalue weighted by atomic mass is 28.8. The molecule has 0 aliphatic heterocycles. The Hall–Kier alpha value is 0.451. The zero-order chi connectivity index (χ0) is 3.41. The van der Waals surface area contributed by atoms with Gasteiger partial charge in [-0.05, 0) is 9.34 Å². The van der Waals surface area contributed by atoms with Crippen LogP contribution in [-0.4, -0.2) is 28.7 Å². The predicted molar refractivity (Wildman–Crippen MR) is 26.7 cm³/mol. The summed E-state index contributed by atoms with van der Waals surface area (Å²) >= 11 is 0. The summed E-state index contributed by atoms with van der Waals surface area (Å²) in [6.45, 7) is 0. The van der Waals surface area contributed by atoms with Gasteiger partial charge in [0.05, 0.1) is 0 Å². The van der Waals surface area contributed by atoms with Crippen LogP contribution in [0.25, 0.3) is 0 Å². The minimum absolute atomic E-state index is 0.372. The molecule has 0 aliphatic carbocycles. The zero-order valence-electron chi connectivity index (χ0n) is 2.69. The van der Waals surface area contributed by atoms with E-state index in [-0.39, 0.29) is 0 Å². The molecule has 0 unspecified atom stereocenters. The minimum Gasteiger partial charge on any atom is -0.617 e. The highest BCUT2D eigenvalue weighted by molar-refractivity contribution is 6.59. The van der Waals surface area contributed by atoms with Crippen LogP contribution in [0, 0.1) is 0 Å². The Morgan fingerprint density at radius 2 is 2.25 bits per heavy atom. The van der Waals surface area contributed by atoms with Gasteiger partial charge in [0.1, 0.15) is 0 Å². The van der Waals surface area contributed by atoms with E-state index in [1.807, 2.05) is 9.34 Å². The Balaban J connectivity index is 2.30. The van der Waals surface area contributed by atoms with Crippen molar-refractivity contribution >= 4 is 28.7 Å². The normalized spacial score (nSPS) is 6.00. The van der Waals surface area contributed by atoms with Crippen molar-refractivity contribution in [3.05, 3.63) is 0 Å². The summed E-state index contributed by atoms with van der Waals surface area (Å²) in [7, 11) is 3.22. The first-order chi connectivity index (χ1) is 1.91. The SMILES string of the molecule is [SiH2]=[SiH]O[SiH3]. The van der Waals surface area contributed by atoms with Crippen molar-refractivity contribution < 1.29 is 4.12 Å². The van der Waals surface area contributed by atoms with Crippen LogP contribution in [0.4, 0.5) is 0 Å². The van der Waals surface area contributed by atoms with Gasteiger partial charge < -0.3 is 4.12 Å². The summed E-state index contributed by atoms with van der Waals surface area (Å²) < 4.78 is 4.78. The molecule has 0 fully saturated rings. The average molecular weight is 106 g/mol. The lowest BCUT2D eigenvalue weighted by Crippen LogP contribution is -1.77. The Labute approximate surface area is 33.6 Å². The summed E-state index contributed by atoms with van der Waals surface area (Å²) in [5.41, 5.74) is 0. The molecular formula is H6OSi3. The number of rotatable bonds is 1. The number of hydrogen-bond acceptors (Lipinski definition) is 1. The molecule has 0 spiro atoms. The molecule has 0 rings (SSSR count). The van der Waals surface area contributed by atoms with Gasteiger partial charge in [-0.1, -0.05) is 0 Å². The van der Waals surface area contributed by atoms with E-state index in [1.165, 1.54) is 0 Å². The van der Waals surface area contributed by atoms with E-state index in [1.54, 1.807) is 0 Å². The first kappa shape index (κ1) is 4.45. The second-order valence-electron chi connectivity index (χ2n) is 0.402. The van der Waals surface area contributed by atoms with Gasteiger partial charge in [-0.3, -0.25) is 0 Å². The lowest BCUT2D eigenvalue weighted by Gasteiger charge is -1.75. The average Bonchev–Trinajstić information content (AvgIpc) is 1.37. The number of hydrogen-bond donors (Lipinski definition) is 0. The van der Waals surface area contributed by atoms with Crippen molar-refractivity contribution in [1.82, 2.24) is 0 Å². The van der Waals surface area contributed by atoms with Crippen molar-refractivity contribution in [2.75, 3.05) is 0 Å². The molecule has 0 bridgehead atoms. The lowest BCUT2D eigenvalue weighted by atomic mass is 15.8. The van der Waals surface area contributed by atoms with Crippen molar-refractivity contribution in [2.45, 2.75) is 0 Å². The van der Waals surface area contributed by atoms with Crippen LogP contribution in [-0.2, 0) is 4.12 Å². The first-order valence-corrected chi connectivity index (χ1v) is 5.61. The highest BCUT2D eigenvalue weighted by Crippen LogP contribution is 1.28. The molecule has 1 nitrogen and oxygen atoms in total. The molecule has 0 saturated heterocycles. The van der Waals surface area contributed by atoms with Gasteiger partial charge in [-0.15, -0.1) is 0 Å². The maximum atomic E-state index is 4.78. The minimum atomic E-state index is 0.372. The van der Waals surface area contributed by atoms with Crippen LogP contribution in [0.3, 0.4) is 0 Å². The van der Waals surface area contributed by atoms with Gasteiger partial charge in [0, 0.05) is 0 Å². The van der Waals surface area contributed by atoms with Crippen LogP contribution < -0.4 is 0 Å². The van der Waals surface area contributed by atoms with Gasteiger partial charge in [-0.2, -0.15) is 0 Å². The zero-order valence-corrected chi connectivity index (χ0v) is 7.26. The van der Waals surface area contributed by atoms with E-state index in [9.17, 15) is 0 Å². The smallest absolute Gasteiger partial charge is 0.182 e. The van der Waals surface area contributed by atoms with Crippen molar-refractivity contribution in [3.63, 3.8) is 0 Å². The van der Waals surface area contributed by atoms with E-state index in [4.69, 9.17) is 4.12 Å². The fourth-order valence-corrected chi connectivity index (χ4v) is 0. The maximum Gasteiger partial charge on any atom is 0.182 e. The Morgan fingerprint density at radius 3 is 2.25 bits per heavy atom. The molecule has 0 aliphatic rings. The summed E-state index contributed by atoms with van der Waals surface area (Å²) in [5, 5.41) is 0. The molecule has 24 valence electrons. The summed E-state index contributed by atoms with van der Waals surface area (Å²) in [4.78, 5) is 0. The molecule has 0 aromatic rings. The Kier molecular flexibility index (Phi) is 3.84. The van der Waals surface area contributed by atoms with Crippen LogP contribution in [0.2, 0.25) is 0 Å². The molecule has 0 aromatic heterocycles. The third kappa shape index (κ3) is 2.45. The molecule has 0 amide bonds. The second-order valence-corrected chi connectivity index (χ2v) is 3.62. The lowest BCUT2D eigenvalue weighted by molar-refractivity contribution is 0.687. The summed E-state index contributed by atoms with van der Waals surface area (Å²) in [6, 6.07) is 0. The quantitative estimate of drug-likeness (QED) is 0.328. The fourth-order valence-electron chi connectivity index (χ4n) is 0. The Bertz CT molecular complexity index is 17.2. The van der Waals surface area contributed by atoms with Gasteiger partial charge in [0.15, 0.2) is 19.3 Å². The van der Waals surface area contributed by atoms with Crippen LogP contribution in [0.1, 0.15) is 0 Å². The molecule has 0 heterocycles. The van der Waals surface area contributed by atoms with Crippen LogP contribution in [0.5, 0.6) is 0 Å².